The molecule has 1 spiro atoms. The van der Waals surface area contributed by atoms with Crippen molar-refractivity contribution in [3.8, 4) is 0 Å². The first-order valence-electron chi connectivity index (χ1n) is 6.26. The second-order valence-electron chi connectivity index (χ2n) is 5.75. The van der Waals surface area contributed by atoms with Crippen LogP contribution in [0.1, 0.15) is 39.5 Å². The molecule has 3 nitrogen and oxygen atoms in total. The van der Waals surface area contributed by atoms with E-state index in [0.717, 1.165) is 12.8 Å². The first-order valence-corrected chi connectivity index (χ1v) is 6.26. The highest BCUT2D eigenvalue weighted by Gasteiger charge is 2.64. The van der Waals surface area contributed by atoms with Crippen LogP contribution in [0.15, 0.2) is 12.7 Å². The van der Waals surface area contributed by atoms with E-state index >= 15 is 0 Å². The lowest BCUT2D eigenvalue weighted by Crippen LogP contribution is -2.40. The molecule has 0 amide bonds. The molecule has 2 rings (SSSR count). The molecule has 2 fully saturated rings. The van der Waals surface area contributed by atoms with Gasteiger partial charge in [0.15, 0.2) is 0 Å². The Labute approximate surface area is 102 Å². The minimum atomic E-state index is -0.560. The molecule has 1 aliphatic carbocycles. The van der Waals surface area contributed by atoms with Crippen molar-refractivity contribution in [2.75, 3.05) is 6.61 Å². The van der Waals surface area contributed by atoms with Gasteiger partial charge in [0.2, 0.25) is 0 Å². The summed E-state index contributed by atoms with van der Waals surface area (Å²) in [6, 6.07) is 0. The monoisotopic (exact) mass is 236 g/mol. The van der Waals surface area contributed by atoms with Crippen molar-refractivity contribution in [2.45, 2.75) is 39.5 Å². The fraction of sp³-hybridized carbons (Fsp3) is 0.714. The van der Waals surface area contributed by atoms with E-state index in [1.165, 1.54) is 0 Å². The van der Waals surface area contributed by atoms with Gasteiger partial charge in [0.05, 0.1) is 12.0 Å². The molecular weight excluding hydrogens is 216 g/mol. The maximum absolute atomic E-state index is 12.2. The summed E-state index contributed by atoms with van der Waals surface area (Å²) in [6.45, 7) is 8.24. The molecular formula is C14H20O3. The average molecular weight is 236 g/mol. The molecule has 0 N–H and O–H groups in total. The number of carbonyl (C=O) groups excluding carboxylic acids is 2. The normalized spacial score (nSPS) is 35.3. The number of carbonyl (C=O) groups is 2. The lowest BCUT2D eigenvalue weighted by atomic mass is 9.63. The van der Waals surface area contributed by atoms with Gasteiger partial charge in [0.25, 0.3) is 0 Å². The molecule has 0 aromatic rings. The van der Waals surface area contributed by atoms with Crippen LogP contribution in [0, 0.1) is 16.7 Å². The zero-order chi connectivity index (χ0) is 12.7. The Bertz CT molecular complexity index is 370. The minimum Gasteiger partial charge on any atom is -0.465 e. The molecule has 0 unspecified atom stereocenters. The van der Waals surface area contributed by atoms with Crippen molar-refractivity contribution in [1.29, 1.82) is 0 Å². The molecule has 1 saturated carbocycles. The fourth-order valence-corrected chi connectivity index (χ4v) is 3.49. The number of allylic oxidation sites excluding steroid dienone is 1. The third-order valence-corrected chi connectivity index (χ3v) is 4.78. The molecule has 1 heterocycles. The van der Waals surface area contributed by atoms with Crippen LogP contribution >= 0.6 is 0 Å². The van der Waals surface area contributed by atoms with Crippen LogP contribution in [0.4, 0.5) is 0 Å². The molecule has 0 aromatic heterocycles. The number of hydrogen-bond acceptors (Lipinski definition) is 3. The van der Waals surface area contributed by atoms with Gasteiger partial charge in [0.1, 0.15) is 5.78 Å². The molecule has 0 bridgehead atoms. The molecule has 3 heteroatoms. The Morgan fingerprint density at radius 1 is 1.47 bits per heavy atom. The Morgan fingerprint density at radius 3 is 2.71 bits per heavy atom. The highest BCUT2D eigenvalue weighted by molar-refractivity contribution is 5.94. The van der Waals surface area contributed by atoms with E-state index in [4.69, 9.17) is 4.74 Å². The first-order chi connectivity index (χ1) is 7.95. The quantitative estimate of drug-likeness (QED) is 0.558. The van der Waals surface area contributed by atoms with Gasteiger partial charge in [0, 0.05) is 12.3 Å². The number of ether oxygens (including phenoxy) is 1. The third-order valence-electron chi connectivity index (χ3n) is 4.78. The molecule has 0 radical (unpaired) electrons. The van der Waals surface area contributed by atoms with Gasteiger partial charge < -0.3 is 4.74 Å². The van der Waals surface area contributed by atoms with E-state index in [9.17, 15) is 9.59 Å². The van der Waals surface area contributed by atoms with Gasteiger partial charge in [-0.1, -0.05) is 19.9 Å². The second-order valence-corrected chi connectivity index (χ2v) is 5.75. The summed E-state index contributed by atoms with van der Waals surface area (Å²) >= 11 is 0. The zero-order valence-corrected chi connectivity index (χ0v) is 10.6. The summed E-state index contributed by atoms with van der Waals surface area (Å²) in [5, 5.41) is 0. The van der Waals surface area contributed by atoms with Crippen LogP contribution in [0.5, 0.6) is 0 Å². The summed E-state index contributed by atoms with van der Waals surface area (Å²) in [4.78, 5) is 24.1. The Morgan fingerprint density at radius 2 is 2.18 bits per heavy atom. The maximum Gasteiger partial charge on any atom is 0.313 e. The van der Waals surface area contributed by atoms with Crippen LogP contribution in [-0.2, 0) is 14.3 Å². The number of rotatable bonds is 3. The summed E-state index contributed by atoms with van der Waals surface area (Å²) in [6.07, 6.45) is 4.51. The Hall–Kier alpha value is -1.12. The fourth-order valence-electron chi connectivity index (χ4n) is 3.49. The highest BCUT2D eigenvalue weighted by Crippen LogP contribution is 2.59. The minimum absolute atomic E-state index is 0.0360. The van der Waals surface area contributed by atoms with Gasteiger partial charge in [-0.15, -0.1) is 6.58 Å². The molecule has 17 heavy (non-hydrogen) atoms. The summed E-state index contributed by atoms with van der Waals surface area (Å²) in [5.74, 6) is 0.0128. The largest absolute Gasteiger partial charge is 0.465 e. The molecule has 2 atom stereocenters. The van der Waals surface area contributed by atoms with Crippen LogP contribution in [0.2, 0.25) is 0 Å². The maximum atomic E-state index is 12.2. The number of ketones is 1. The Balaban J connectivity index is 2.31. The molecule has 1 aliphatic heterocycles. The zero-order valence-electron chi connectivity index (χ0n) is 10.6. The van der Waals surface area contributed by atoms with E-state index in [0.29, 0.717) is 19.4 Å². The van der Waals surface area contributed by atoms with Crippen molar-refractivity contribution >= 4 is 11.8 Å². The van der Waals surface area contributed by atoms with E-state index in [1.807, 2.05) is 19.9 Å². The molecule has 2 aliphatic rings. The molecule has 94 valence electrons. The number of cyclic esters (lactones) is 1. The van der Waals surface area contributed by atoms with Crippen molar-refractivity contribution in [2.24, 2.45) is 16.7 Å². The SMILES string of the molecule is C=CCC[C@@H]1C(=O)C[C@]2(CCOC2=O)C1(C)C. The van der Waals surface area contributed by atoms with E-state index < -0.39 is 5.41 Å². The number of Topliss-reactive ketones (excluding diaryl/α,β-unsaturated/α-hetero) is 1. The Kier molecular flexibility index (Phi) is 2.88. The summed E-state index contributed by atoms with van der Waals surface area (Å²) < 4.78 is 5.12. The van der Waals surface area contributed by atoms with Crippen molar-refractivity contribution < 1.29 is 14.3 Å². The number of esters is 1. The van der Waals surface area contributed by atoms with Crippen LogP contribution in [0.25, 0.3) is 0 Å². The number of hydrogen-bond donors (Lipinski definition) is 0. The second kappa shape index (κ2) is 3.97. The smallest absolute Gasteiger partial charge is 0.313 e. The predicted octanol–water partition coefficient (Wildman–Crippen LogP) is 2.50. The van der Waals surface area contributed by atoms with Crippen LogP contribution in [0.3, 0.4) is 0 Å². The van der Waals surface area contributed by atoms with E-state index in [2.05, 4.69) is 6.58 Å². The standard InChI is InChI=1S/C14H20O3/c1-4-5-6-10-11(15)9-14(13(10,2)3)7-8-17-12(14)16/h4,10H,1,5-9H2,2-3H3/t10-,14+/m1/s1. The predicted molar refractivity (Wildman–Crippen MR) is 64.3 cm³/mol. The molecule has 0 aromatic carbocycles. The summed E-state index contributed by atoms with van der Waals surface area (Å²) in [7, 11) is 0. The van der Waals surface area contributed by atoms with Crippen molar-refractivity contribution in [3.63, 3.8) is 0 Å². The van der Waals surface area contributed by atoms with Gasteiger partial charge in [-0.25, -0.2) is 0 Å². The van der Waals surface area contributed by atoms with Gasteiger partial charge >= 0.3 is 5.97 Å². The van der Waals surface area contributed by atoms with E-state index in [-0.39, 0.29) is 23.1 Å². The van der Waals surface area contributed by atoms with Crippen LogP contribution in [-0.4, -0.2) is 18.4 Å². The lowest BCUT2D eigenvalue weighted by molar-refractivity contribution is -0.151. The van der Waals surface area contributed by atoms with Crippen molar-refractivity contribution in [1.82, 2.24) is 0 Å². The summed E-state index contributed by atoms with van der Waals surface area (Å²) in [5.41, 5.74) is -0.851. The third kappa shape index (κ3) is 1.55. The van der Waals surface area contributed by atoms with E-state index in [1.54, 1.807) is 0 Å². The average Bonchev–Trinajstić information content (AvgIpc) is 2.69. The van der Waals surface area contributed by atoms with Gasteiger partial charge in [-0.2, -0.15) is 0 Å². The van der Waals surface area contributed by atoms with Gasteiger partial charge in [-0.3, -0.25) is 9.59 Å². The van der Waals surface area contributed by atoms with Gasteiger partial charge in [-0.05, 0) is 24.7 Å². The first kappa shape index (κ1) is 12.3. The van der Waals surface area contributed by atoms with Crippen LogP contribution < -0.4 is 0 Å². The highest BCUT2D eigenvalue weighted by atomic mass is 16.5. The van der Waals surface area contributed by atoms with Crippen molar-refractivity contribution in [3.05, 3.63) is 12.7 Å². The lowest BCUT2D eigenvalue weighted by Gasteiger charge is -2.37. The molecule has 1 saturated heterocycles. The topological polar surface area (TPSA) is 43.4 Å².